The first-order valence-electron chi connectivity index (χ1n) is 9.94. The molecule has 1 N–H and O–H groups in total. The van der Waals surface area contributed by atoms with E-state index in [1.807, 2.05) is 25.1 Å². The molecule has 1 aliphatic rings. The molecule has 1 aliphatic heterocycles. The van der Waals surface area contributed by atoms with E-state index in [9.17, 15) is 4.79 Å². The summed E-state index contributed by atoms with van der Waals surface area (Å²) >= 11 is 1.68. The van der Waals surface area contributed by atoms with Crippen LogP contribution in [0.25, 0.3) is 0 Å². The molecule has 1 unspecified atom stereocenters. The Morgan fingerprint density at radius 2 is 1.70 bits per heavy atom. The molecule has 0 bridgehead atoms. The van der Waals surface area contributed by atoms with E-state index in [1.165, 1.54) is 49.0 Å². The monoisotopic (exact) mass is 382 g/mol. The summed E-state index contributed by atoms with van der Waals surface area (Å²) in [6.45, 7) is 6.01. The minimum atomic E-state index is -0.0539. The summed E-state index contributed by atoms with van der Waals surface area (Å²) in [6, 6.07) is 18.9. The molecule has 3 rings (SSSR count). The summed E-state index contributed by atoms with van der Waals surface area (Å²) < 4.78 is 0. The topological polar surface area (TPSA) is 32.3 Å². The summed E-state index contributed by atoms with van der Waals surface area (Å²) in [5.74, 6) is 0.971. The van der Waals surface area contributed by atoms with Gasteiger partial charge in [-0.3, -0.25) is 9.69 Å². The van der Waals surface area contributed by atoms with Gasteiger partial charge in [0, 0.05) is 18.8 Å². The molecular weight excluding hydrogens is 352 g/mol. The predicted molar refractivity (Wildman–Crippen MR) is 115 cm³/mol. The second-order valence-electron chi connectivity index (χ2n) is 7.31. The van der Waals surface area contributed by atoms with Crippen LogP contribution in [0.1, 0.15) is 42.9 Å². The molecule has 4 heteroatoms. The van der Waals surface area contributed by atoms with Crippen LogP contribution in [0.2, 0.25) is 0 Å². The van der Waals surface area contributed by atoms with E-state index in [2.05, 4.69) is 46.6 Å². The first-order valence-corrected chi connectivity index (χ1v) is 11.0. The zero-order valence-electron chi connectivity index (χ0n) is 16.2. The number of hydrogen-bond acceptors (Lipinski definition) is 3. The zero-order valence-corrected chi connectivity index (χ0v) is 17.0. The van der Waals surface area contributed by atoms with E-state index < -0.39 is 0 Å². The number of benzene rings is 2. The van der Waals surface area contributed by atoms with Gasteiger partial charge >= 0.3 is 0 Å². The van der Waals surface area contributed by atoms with Crippen LogP contribution < -0.4 is 5.32 Å². The van der Waals surface area contributed by atoms with Crippen molar-refractivity contribution < 1.29 is 4.79 Å². The van der Waals surface area contributed by atoms with Crippen molar-refractivity contribution in [2.45, 2.75) is 50.3 Å². The highest BCUT2D eigenvalue weighted by molar-refractivity contribution is 7.99. The average molecular weight is 383 g/mol. The van der Waals surface area contributed by atoms with Gasteiger partial charge in [-0.25, -0.2) is 0 Å². The number of amides is 1. The largest absolute Gasteiger partial charge is 0.351 e. The van der Waals surface area contributed by atoms with Gasteiger partial charge in [0.05, 0.1) is 5.25 Å². The fourth-order valence-electron chi connectivity index (χ4n) is 3.42. The molecule has 2 aromatic rings. The van der Waals surface area contributed by atoms with E-state index in [0.29, 0.717) is 6.54 Å². The van der Waals surface area contributed by atoms with Crippen LogP contribution in [0.4, 0.5) is 0 Å². The molecule has 144 valence electrons. The fraction of sp³-hybridized carbons (Fsp3) is 0.435. The van der Waals surface area contributed by atoms with Gasteiger partial charge in [-0.05, 0) is 49.5 Å². The van der Waals surface area contributed by atoms with Crippen LogP contribution in [0.3, 0.4) is 0 Å². The first kappa shape index (κ1) is 20.0. The summed E-state index contributed by atoms with van der Waals surface area (Å²) in [4.78, 5) is 14.9. The molecule has 1 saturated heterocycles. The lowest BCUT2D eigenvalue weighted by atomic mass is 10.1. The number of carbonyl (C=O) groups is 1. The van der Waals surface area contributed by atoms with Crippen molar-refractivity contribution in [1.82, 2.24) is 10.2 Å². The summed E-state index contributed by atoms with van der Waals surface area (Å²) in [6.07, 6.45) is 3.99. The molecular formula is C23H30N2OS. The number of nitrogens with zero attached hydrogens (tertiary/aromatic N) is 1. The molecule has 27 heavy (non-hydrogen) atoms. The van der Waals surface area contributed by atoms with Gasteiger partial charge in [-0.1, -0.05) is 61.0 Å². The molecule has 0 aliphatic carbocycles. The van der Waals surface area contributed by atoms with Crippen LogP contribution in [0, 0.1) is 0 Å². The molecule has 3 nitrogen and oxygen atoms in total. The minimum absolute atomic E-state index is 0.0539. The first-order chi connectivity index (χ1) is 13.2. The van der Waals surface area contributed by atoms with Crippen LogP contribution in [0.15, 0.2) is 54.6 Å². The van der Waals surface area contributed by atoms with Crippen LogP contribution in [-0.2, 0) is 23.6 Å². The quantitative estimate of drug-likeness (QED) is 0.723. The Kier molecular flexibility index (Phi) is 7.79. The highest BCUT2D eigenvalue weighted by Gasteiger charge is 2.14. The molecule has 0 saturated carbocycles. The van der Waals surface area contributed by atoms with Gasteiger partial charge in [0.2, 0.25) is 5.91 Å². The minimum Gasteiger partial charge on any atom is -0.351 e. The van der Waals surface area contributed by atoms with Crippen molar-refractivity contribution in [3.05, 3.63) is 71.3 Å². The van der Waals surface area contributed by atoms with E-state index in [0.717, 1.165) is 12.3 Å². The smallest absolute Gasteiger partial charge is 0.233 e. The number of carbonyl (C=O) groups excluding carboxylic acids is 1. The fourth-order valence-corrected chi connectivity index (χ4v) is 4.29. The van der Waals surface area contributed by atoms with E-state index in [-0.39, 0.29) is 11.2 Å². The number of thioether (sulfide) groups is 1. The lowest BCUT2D eigenvalue weighted by Gasteiger charge is -2.26. The molecule has 0 radical (unpaired) electrons. The highest BCUT2D eigenvalue weighted by atomic mass is 32.2. The van der Waals surface area contributed by atoms with Gasteiger partial charge in [-0.15, -0.1) is 11.8 Å². The van der Waals surface area contributed by atoms with Crippen molar-refractivity contribution in [3.8, 4) is 0 Å². The maximum Gasteiger partial charge on any atom is 0.233 e. The lowest BCUT2D eigenvalue weighted by molar-refractivity contribution is -0.120. The van der Waals surface area contributed by atoms with Crippen molar-refractivity contribution in [1.29, 1.82) is 0 Å². The van der Waals surface area contributed by atoms with Crippen molar-refractivity contribution >= 4 is 17.7 Å². The zero-order chi connectivity index (χ0) is 18.9. The van der Waals surface area contributed by atoms with E-state index in [4.69, 9.17) is 0 Å². The van der Waals surface area contributed by atoms with Crippen molar-refractivity contribution in [2.24, 2.45) is 0 Å². The SMILES string of the molecule is CC(SCc1ccccc1)C(=O)NCc1cccc(CN2CCCCC2)c1. The Bertz CT molecular complexity index is 713. The maximum absolute atomic E-state index is 12.4. The molecule has 0 aromatic heterocycles. The van der Waals surface area contributed by atoms with Gasteiger partial charge in [-0.2, -0.15) is 0 Å². The molecule has 1 heterocycles. The van der Waals surface area contributed by atoms with Crippen LogP contribution >= 0.6 is 11.8 Å². The molecule has 1 amide bonds. The third-order valence-electron chi connectivity index (χ3n) is 5.03. The standard InChI is InChI=1S/C23H30N2OS/c1-19(27-18-20-9-4-2-5-10-20)23(26)24-16-21-11-8-12-22(15-21)17-25-13-6-3-7-14-25/h2,4-5,8-12,15,19H,3,6-7,13-14,16-18H2,1H3,(H,24,26). The van der Waals surface area contributed by atoms with Gasteiger partial charge in [0.15, 0.2) is 0 Å². The van der Waals surface area contributed by atoms with E-state index in [1.54, 1.807) is 11.8 Å². The van der Waals surface area contributed by atoms with Crippen molar-refractivity contribution in [3.63, 3.8) is 0 Å². The highest BCUT2D eigenvalue weighted by Crippen LogP contribution is 2.18. The van der Waals surface area contributed by atoms with Crippen LogP contribution in [-0.4, -0.2) is 29.1 Å². The second-order valence-corrected chi connectivity index (χ2v) is 8.64. The average Bonchev–Trinajstić information content (AvgIpc) is 2.72. The molecule has 1 fully saturated rings. The number of hydrogen-bond donors (Lipinski definition) is 1. The lowest BCUT2D eigenvalue weighted by Crippen LogP contribution is -2.31. The number of nitrogens with one attached hydrogen (secondary N) is 1. The van der Waals surface area contributed by atoms with Gasteiger partial charge in [0.1, 0.15) is 0 Å². The molecule has 1 atom stereocenters. The Labute approximate surface area is 167 Å². The summed E-state index contributed by atoms with van der Waals surface area (Å²) in [7, 11) is 0. The third kappa shape index (κ3) is 6.71. The number of rotatable bonds is 8. The number of piperidine rings is 1. The Morgan fingerprint density at radius 3 is 2.48 bits per heavy atom. The number of likely N-dealkylation sites (tertiary alicyclic amines) is 1. The van der Waals surface area contributed by atoms with Gasteiger partial charge < -0.3 is 5.32 Å². The normalized spacial score (nSPS) is 16.0. The Balaban J connectivity index is 1.44. The van der Waals surface area contributed by atoms with Crippen molar-refractivity contribution in [2.75, 3.05) is 13.1 Å². The van der Waals surface area contributed by atoms with Crippen LogP contribution in [0.5, 0.6) is 0 Å². The maximum atomic E-state index is 12.4. The third-order valence-corrected chi connectivity index (χ3v) is 6.24. The summed E-state index contributed by atoms with van der Waals surface area (Å²) in [5.41, 5.74) is 3.78. The van der Waals surface area contributed by atoms with Gasteiger partial charge in [0.25, 0.3) is 0 Å². The Morgan fingerprint density at radius 1 is 1.00 bits per heavy atom. The second kappa shape index (κ2) is 10.5. The Hall–Kier alpha value is -1.78. The molecule has 2 aromatic carbocycles. The molecule has 0 spiro atoms. The predicted octanol–water partition coefficient (Wildman–Crippen LogP) is 4.61. The van der Waals surface area contributed by atoms with E-state index >= 15 is 0 Å². The summed E-state index contributed by atoms with van der Waals surface area (Å²) in [5, 5.41) is 3.04.